The summed E-state index contributed by atoms with van der Waals surface area (Å²) in [6, 6.07) is 2.94. The molecule has 0 bridgehead atoms. The molecule has 0 saturated heterocycles. The minimum atomic E-state index is -2.31. The fourth-order valence-corrected chi connectivity index (χ4v) is 1.10. The lowest BCUT2D eigenvalue weighted by atomic mass is 10.2. The van der Waals surface area contributed by atoms with E-state index in [4.69, 9.17) is 5.73 Å². The molecule has 0 radical (unpaired) electrons. The Balaban J connectivity index is 2.51. The van der Waals surface area contributed by atoms with Gasteiger partial charge in [0, 0.05) is 30.4 Å². The van der Waals surface area contributed by atoms with Crippen molar-refractivity contribution in [2.45, 2.75) is 25.8 Å². The van der Waals surface area contributed by atoms with E-state index in [1.54, 1.807) is 19.1 Å². The minimum absolute atomic E-state index is 0.198. The van der Waals surface area contributed by atoms with Crippen LogP contribution in [0.3, 0.4) is 0 Å². The molecule has 3 nitrogen and oxygen atoms in total. The summed E-state index contributed by atoms with van der Waals surface area (Å²) in [5.74, 6) is 0.526. The van der Waals surface area contributed by atoms with Crippen molar-refractivity contribution >= 4 is 11.5 Å². The van der Waals surface area contributed by atoms with E-state index in [9.17, 15) is 8.78 Å². The summed E-state index contributed by atoms with van der Waals surface area (Å²) in [5, 5.41) is 2.84. The van der Waals surface area contributed by atoms with Gasteiger partial charge >= 0.3 is 0 Å². The number of nitrogens with one attached hydrogen (secondary N) is 1. The highest BCUT2D eigenvalue weighted by atomic mass is 19.3. The second kappa shape index (κ2) is 4.74. The number of pyridine rings is 1. The van der Waals surface area contributed by atoms with Crippen molar-refractivity contribution in [3.8, 4) is 0 Å². The Morgan fingerprint density at radius 1 is 1.57 bits per heavy atom. The predicted molar refractivity (Wildman–Crippen MR) is 52.4 cm³/mol. The van der Waals surface area contributed by atoms with Crippen LogP contribution in [0.4, 0.5) is 20.3 Å². The monoisotopic (exact) mass is 201 g/mol. The van der Waals surface area contributed by atoms with E-state index in [1.165, 1.54) is 6.20 Å². The van der Waals surface area contributed by atoms with Crippen LogP contribution in [0.25, 0.3) is 0 Å². The first-order chi connectivity index (χ1) is 6.58. The van der Waals surface area contributed by atoms with E-state index in [2.05, 4.69) is 10.3 Å². The third-order valence-electron chi connectivity index (χ3n) is 1.71. The van der Waals surface area contributed by atoms with Gasteiger partial charge < -0.3 is 11.1 Å². The van der Waals surface area contributed by atoms with Crippen LogP contribution in [0.2, 0.25) is 0 Å². The summed E-state index contributed by atoms with van der Waals surface area (Å²) in [7, 11) is 0. The Hall–Kier alpha value is -1.39. The van der Waals surface area contributed by atoms with E-state index < -0.39 is 6.43 Å². The Labute approximate surface area is 81.3 Å². The second-order valence-corrected chi connectivity index (χ2v) is 3.15. The number of halogens is 2. The maximum Gasteiger partial charge on any atom is 0.240 e. The van der Waals surface area contributed by atoms with Gasteiger partial charge in [-0.15, -0.1) is 0 Å². The molecule has 1 aromatic rings. The highest BCUT2D eigenvalue weighted by molar-refractivity contribution is 5.48. The van der Waals surface area contributed by atoms with E-state index in [0.29, 0.717) is 11.5 Å². The number of anilines is 2. The smallest absolute Gasteiger partial charge is 0.240 e. The molecule has 1 rings (SSSR count). The molecule has 0 amide bonds. The molecule has 0 aliphatic carbocycles. The highest BCUT2D eigenvalue weighted by Crippen LogP contribution is 2.12. The topological polar surface area (TPSA) is 50.9 Å². The number of hydrogen-bond acceptors (Lipinski definition) is 3. The van der Waals surface area contributed by atoms with Gasteiger partial charge in [-0.1, -0.05) is 0 Å². The zero-order chi connectivity index (χ0) is 10.6. The number of nitrogens with zero attached hydrogens (tertiary/aromatic N) is 1. The van der Waals surface area contributed by atoms with Gasteiger partial charge in [0.2, 0.25) is 6.43 Å². The summed E-state index contributed by atoms with van der Waals surface area (Å²) in [6.45, 7) is 1.68. The van der Waals surface area contributed by atoms with Crippen molar-refractivity contribution < 1.29 is 8.78 Å². The molecular formula is C9H13F2N3. The van der Waals surface area contributed by atoms with Gasteiger partial charge in [-0.2, -0.15) is 0 Å². The average molecular weight is 201 g/mol. The molecule has 0 saturated carbocycles. The van der Waals surface area contributed by atoms with Crippen molar-refractivity contribution in [3.05, 3.63) is 18.3 Å². The first-order valence-corrected chi connectivity index (χ1v) is 4.34. The molecule has 0 fully saturated rings. The van der Waals surface area contributed by atoms with Gasteiger partial charge in [-0.25, -0.2) is 13.8 Å². The highest BCUT2D eigenvalue weighted by Gasteiger charge is 2.10. The van der Waals surface area contributed by atoms with Crippen LogP contribution in [0.15, 0.2) is 18.3 Å². The van der Waals surface area contributed by atoms with Crippen molar-refractivity contribution in [3.63, 3.8) is 0 Å². The third kappa shape index (κ3) is 3.55. The SMILES string of the molecule is CC(CC(F)F)Nc1cc(N)ccn1. The third-order valence-corrected chi connectivity index (χ3v) is 1.71. The molecule has 5 heteroatoms. The van der Waals surface area contributed by atoms with Crippen LogP contribution < -0.4 is 11.1 Å². The summed E-state index contributed by atoms with van der Waals surface area (Å²) in [5.41, 5.74) is 6.07. The van der Waals surface area contributed by atoms with Crippen molar-refractivity contribution in [1.82, 2.24) is 4.98 Å². The number of nitrogen functional groups attached to an aromatic ring is 1. The maximum absolute atomic E-state index is 12.0. The summed E-state index contributed by atoms with van der Waals surface area (Å²) in [6.07, 6.45) is -0.970. The fraction of sp³-hybridized carbons (Fsp3) is 0.444. The van der Waals surface area contributed by atoms with Crippen LogP contribution in [0.5, 0.6) is 0 Å². The van der Waals surface area contributed by atoms with Crippen LogP contribution >= 0.6 is 0 Å². The molecule has 78 valence electrons. The molecular weight excluding hydrogens is 188 g/mol. The van der Waals surface area contributed by atoms with Crippen molar-refractivity contribution in [2.24, 2.45) is 0 Å². The quantitative estimate of drug-likeness (QED) is 0.784. The standard InChI is InChI=1S/C9H13F2N3/c1-6(4-8(10)11)14-9-5-7(12)2-3-13-9/h2-3,5-6,8H,4H2,1H3,(H3,12,13,14). The Kier molecular flexibility index (Phi) is 3.62. The van der Waals surface area contributed by atoms with Crippen LogP contribution in [0.1, 0.15) is 13.3 Å². The molecule has 14 heavy (non-hydrogen) atoms. The zero-order valence-corrected chi connectivity index (χ0v) is 7.87. The average Bonchev–Trinajstić information content (AvgIpc) is 2.01. The lowest BCUT2D eigenvalue weighted by molar-refractivity contribution is 0.133. The number of rotatable bonds is 4. The molecule has 1 heterocycles. The van der Waals surface area contributed by atoms with Crippen molar-refractivity contribution in [1.29, 1.82) is 0 Å². The number of hydrogen-bond donors (Lipinski definition) is 2. The molecule has 3 N–H and O–H groups in total. The Morgan fingerprint density at radius 3 is 2.86 bits per heavy atom. The first kappa shape index (κ1) is 10.7. The Morgan fingerprint density at radius 2 is 2.29 bits per heavy atom. The van der Waals surface area contributed by atoms with Crippen LogP contribution in [-0.2, 0) is 0 Å². The van der Waals surface area contributed by atoms with Gasteiger partial charge in [0.05, 0.1) is 0 Å². The largest absolute Gasteiger partial charge is 0.399 e. The van der Waals surface area contributed by atoms with Gasteiger partial charge in [0.25, 0.3) is 0 Å². The molecule has 1 aromatic heterocycles. The summed E-state index contributed by atoms with van der Waals surface area (Å²) in [4.78, 5) is 3.95. The zero-order valence-electron chi connectivity index (χ0n) is 7.87. The molecule has 0 aliphatic heterocycles. The normalized spacial score (nSPS) is 12.9. The summed E-state index contributed by atoms with van der Waals surface area (Å²) < 4.78 is 24.0. The van der Waals surface area contributed by atoms with E-state index in [-0.39, 0.29) is 12.5 Å². The molecule has 1 unspecified atom stereocenters. The lowest BCUT2D eigenvalue weighted by Crippen LogP contribution is -2.19. The van der Waals surface area contributed by atoms with Crippen LogP contribution in [0, 0.1) is 0 Å². The summed E-state index contributed by atoms with van der Waals surface area (Å²) >= 11 is 0. The molecule has 0 aliphatic rings. The van der Waals surface area contributed by atoms with Gasteiger partial charge in [0.15, 0.2) is 0 Å². The van der Waals surface area contributed by atoms with Gasteiger partial charge in [0.1, 0.15) is 5.82 Å². The van der Waals surface area contributed by atoms with Gasteiger partial charge in [-0.3, -0.25) is 0 Å². The molecule has 1 atom stereocenters. The number of aromatic nitrogens is 1. The molecule has 0 aromatic carbocycles. The van der Waals surface area contributed by atoms with Crippen molar-refractivity contribution in [2.75, 3.05) is 11.1 Å². The number of nitrogens with two attached hydrogens (primary N) is 1. The fourth-order valence-electron chi connectivity index (χ4n) is 1.10. The van der Waals surface area contributed by atoms with E-state index in [0.717, 1.165) is 0 Å². The van der Waals surface area contributed by atoms with E-state index in [1.807, 2.05) is 0 Å². The Bertz CT molecular complexity index is 291. The van der Waals surface area contributed by atoms with Gasteiger partial charge in [-0.05, 0) is 13.0 Å². The molecule has 0 spiro atoms. The minimum Gasteiger partial charge on any atom is -0.399 e. The maximum atomic E-state index is 12.0. The predicted octanol–water partition coefficient (Wildman–Crippen LogP) is 2.12. The van der Waals surface area contributed by atoms with Crippen LogP contribution in [-0.4, -0.2) is 17.5 Å². The number of alkyl halides is 2. The van der Waals surface area contributed by atoms with E-state index >= 15 is 0 Å². The lowest BCUT2D eigenvalue weighted by Gasteiger charge is -2.13. The second-order valence-electron chi connectivity index (χ2n) is 3.15. The first-order valence-electron chi connectivity index (χ1n) is 4.34.